The van der Waals surface area contributed by atoms with Crippen molar-refractivity contribution in [3.63, 3.8) is 0 Å². The highest BCUT2D eigenvalue weighted by molar-refractivity contribution is 5.74. The Hall–Kier alpha value is -1.30. The van der Waals surface area contributed by atoms with Crippen molar-refractivity contribution in [3.8, 4) is 0 Å². The largest absolute Gasteiger partial charge is 0.481 e. The van der Waals surface area contributed by atoms with Crippen molar-refractivity contribution in [2.45, 2.75) is 58.5 Å². The van der Waals surface area contributed by atoms with E-state index < -0.39 is 5.97 Å². The van der Waals surface area contributed by atoms with Crippen molar-refractivity contribution in [3.05, 3.63) is 0 Å². The zero-order chi connectivity index (χ0) is 15.5. The van der Waals surface area contributed by atoms with Gasteiger partial charge in [-0.2, -0.15) is 0 Å². The van der Waals surface area contributed by atoms with Gasteiger partial charge in [0.25, 0.3) is 0 Å². The molecular weight excluding hydrogens is 260 g/mol. The molecule has 3 unspecified atom stereocenters. The summed E-state index contributed by atoms with van der Waals surface area (Å²) >= 11 is 0. The Balaban J connectivity index is 3.87. The van der Waals surface area contributed by atoms with Gasteiger partial charge in [0.15, 0.2) is 0 Å². The maximum Gasteiger partial charge on any atom is 0.315 e. The van der Waals surface area contributed by atoms with Crippen molar-refractivity contribution < 1.29 is 19.4 Å². The molecule has 2 amide bonds. The predicted octanol–water partition coefficient (Wildman–Crippen LogP) is 1.99. The van der Waals surface area contributed by atoms with Gasteiger partial charge in [-0.15, -0.1) is 0 Å². The Bertz CT molecular complexity index is 297. The third-order valence-electron chi connectivity index (χ3n) is 3.27. The quantitative estimate of drug-likeness (QED) is 0.573. The first-order valence-electron chi connectivity index (χ1n) is 7.19. The minimum atomic E-state index is -0.770. The van der Waals surface area contributed by atoms with Crippen LogP contribution in [0.5, 0.6) is 0 Å². The lowest BCUT2D eigenvalue weighted by Gasteiger charge is -2.19. The second-order valence-corrected chi connectivity index (χ2v) is 5.25. The third-order valence-corrected chi connectivity index (χ3v) is 3.27. The minimum Gasteiger partial charge on any atom is -0.481 e. The molecule has 3 atom stereocenters. The summed E-state index contributed by atoms with van der Waals surface area (Å²) in [7, 11) is 1.61. The Morgan fingerprint density at radius 1 is 1.20 bits per heavy atom. The number of aliphatic carboxylic acids is 1. The predicted molar refractivity (Wildman–Crippen MR) is 77.7 cm³/mol. The van der Waals surface area contributed by atoms with E-state index in [1.54, 1.807) is 14.0 Å². The Kier molecular flexibility index (Phi) is 9.80. The average Bonchev–Trinajstić information content (AvgIpc) is 2.37. The van der Waals surface area contributed by atoms with Gasteiger partial charge < -0.3 is 20.5 Å². The van der Waals surface area contributed by atoms with E-state index in [1.165, 1.54) is 0 Å². The number of nitrogens with one attached hydrogen (secondary N) is 2. The highest BCUT2D eigenvalue weighted by Gasteiger charge is 2.14. The van der Waals surface area contributed by atoms with Crippen molar-refractivity contribution in [1.29, 1.82) is 0 Å². The van der Waals surface area contributed by atoms with Crippen LogP contribution in [0.15, 0.2) is 0 Å². The first-order chi connectivity index (χ1) is 9.40. The van der Waals surface area contributed by atoms with Crippen molar-refractivity contribution in [1.82, 2.24) is 10.6 Å². The normalized spacial score (nSPS) is 15.2. The molecule has 0 aromatic carbocycles. The molecule has 0 saturated carbocycles. The van der Waals surface area contributed by atoms with Gasteiger partial charge in [-0.3, -0.25) is 4.79 Å². The highest BCUT2D eigenvalue weighted by Crippen LogP contribution is 2.09. The maximum absolute atomic E-state index is 11.7. The molecule has 0 spiro atoms. The summed E-state index contributed by atoms with van der Waals surface area (Å²) in [6.07, 6.45) is 2.99. The maximum atomic E-state index is 11.7. The number of rotatable bonds is 10. The summed E-state index contributed by atoms with van der Waals surface area (Å²) in [4.78, 5) is 22.4. The molecule has 0 saturated heterocycles. The van der Waals surface area contributed by atoms with Crippen molar-refractivity contribution in [2.24, 2.45) is 5.92 Å². The van der Waals surface area contributed by atoms with Gasteiger partial charge in [-0.05, 0) is 26.2 Å². The van der Waals surface area contributed by atoms with Crippen LogP contribution in [0.4, 0.5) is 4.79 Å². The lowest BCUT2D eigenvalue weighted by Crippen LogP contribution is -2.46. The minimum absolute atomic E-state index is 0.0132. The Morgan fingerprint density at radius 2 is 1.85 bits per heavy atom. The second-order valence-electron chi connectivity index (χ2n) is 5.25. The summed E-state index contributed by atoms with van der Waals surface area (Å²) in [5, 5.41) is 14.5. The number of urea groups is 1. The van der Waals surface area contributed by atoms with E-state index in [1.807, 2.05) is 13.8 Å². The van der Waals surface area contributed by atoms with E-state index in [0.29, 0.717) is 13.0 Å². The van der Waals surface area contributed by atoms with Gasteiger partial charge in [0, 0.05) is 13.2 Å². The zero-order valence-electron chi connectivity index (χ0n) is 12.9. The van der Waals surface area contributed by atoms with Crippen LogP contribution < -0.4 is 10.6 Å². The van der Waals surface area contributed by atoms with E-state index >= 15 is 0 Å². The molecule has 0 bridgehead atoms. The first kappa shape index (κ1) is 18.7. The van der Waals surface area contributed by atoms with Crippen molar-refractivity contribution in [2.75, 3.05) is 13.7 Å². The summed E-state index contributed by atoms with van der Waals surface area (Å²) in [5.74, 6) is -1.10. The lowest BCUT2D eigenvalue weighted by molar-refractivity contribution is -0.141. The van der Waals surface area contributed by atoms with Gasteiger partial charge >= 0.3 is 12.0 Å². The number of carbonyl (C=O) groups is 2. The van der Waals surface area contributed by atoms with Crippen LogP contribution in [-0.2, 0) is 9.53 Å². The number of hydrogen-bond acceptors (Lipinski definition) is 3. The molecule has 6 nitrogen and oxygen atoms in total. The Morgan fingerprint density at radius 3 is 2.35 bits per heavy atom. The number of carbonyl (C=O) groups excluding carboxylic acids is 1. The lowest BCUT2D eigenvalue weighted by atomic mass is 10.0. The molecule has 0 aromatic rings. The van der Waals surface area contributed by atoms with Gasteiger partial charge in [-0.1, -0.05) is 20.3 Å². The topological polar surface area (TPSA) is 87.7 Å². The molecule has 0 fully saturated rings. The standard InChI is InChI=1S/C14H28N2O4/c1-5-12(9-20-4)16-14(19)15-11(3)8-6-7-10(2)13(17)18/h10-12H,5-9H2,1-4H3,(H,17,18)(H2,15,16,19). The molecule has 0 radical (unpaired) electrons. The van der Waals surface area contributed by atoms with E-state index in [0.717, 1.165) is 19.3 Å². The van der Waals surface area contributed by atoms with Crippen molar-refractivity contribution >= 4 is 12.0 Å². The van der Waals surface area contributed by atoms with Gasteiger partial charge in [-0.25, -0.2) is 4.79 Å². The highest BCUT2D eigenvalue weighted by atomic mass is 16.5. The van der Waals surface area contributed by atoms with E-state index in [2.05, 4.69) is 10.6 Å². The molecule has 6 heteroatoms. The van der Waals surface area contributed by atoms with Crippen LogP contribution in [0, 0.1) is 5.92 Å². The molecule has 20 heavy (non-hydrogen) atoms. The SMILES string of the molecule is CCC(COC)NC(=O)NC(C)CCCC(C)C(=O)O. The van der Waals surface area contributed by atoms with Crippen LogP contribution in [0.2, 0.25) is 0 Å². The molecule has 3 N–H and O–H groups in total. The second kappa shape index (κ2) is 10.5. The smallest absolute Gasteiger partial charge is 0.315 e. The number of amides is 2. The fourth-order valence-corrected chi connectivity index (χ4v) is 1.84. The molecule has 0 aromatic heterocycles. The first-order valence-corrected chi connectivity index (χ1v) is 7.19. The number of hydrogen-bond donors (Lipinski definition) is 3. The van der Waals surface area contributed by atoms with Crippen LogP contribution in [0.25, 0.3) is 0 Å². The van der Waals surface area contributed by atoms with Crippen LogP contribution >= 0.6 is 0 Å². The van der Waals surface area contributed by atoms with Gasteiger partial charge in [0.1, 0.15) is 0 Å². The molecule has 0 heterocycles. The van der Waals surface area contributed by atoms with Crippen LogP contribution in [0.3, 0.4) is 0 Å². The van der Waals surface area contributed by atoms with Crippen LogP contribution in [-0.4, -0.2) is 42.9 Å². The summed E-state index contributed by atoms with van der Waals surface area (Å²) in [5.41, 5.74) is 0. The number of carboxylic acids is 1. The number of carboxylic acid groups (broad SMARTS) is 1. The number of ether oxygens (including phenoxy) is 1. The number of methoxy groups -OCH3 is 1. The fourth-order valence-electron chi connectivity index (χ4n) is 1.84. The van der Waals surface area contributed by atoms with E-state index in [9.17, 15) is 9.59 Å². The fraction of sp³-hybridized carbons (Fsp3) is 0.857. The summed E-state index contributed by atoms with van der Waals surface area (Å²) in [6, 6.07) is -0.164. The van der Waals surface area contributed by atoms with Crippen LogP contribution in [0.1, 0.15) is 46.5 Å². The Labute approximate surface area is 121 Å². The summed E-state index contributed by atoms with van der Waals surface area (Å²) in [6.45, 7) is 6.10. The molecular formula is C14H28N2O4. The molecule has 0 aliphatic heterocycles. The molecule has 0 rings (SSSR count). The van der Waals surface area contributed by atoms with E-state index in [-0.39, 0.29) is 24.0 Å². The molecule has 0 aliphatic rings. The van der Waals surface area contributed by atoms with Gasteiger partial charge in [0.2, 0.25) is 0 Å². The average molecular weight is 288 g/mol. The van der Waals surface area contributed by atoms with Gasteiger partial charge in [0.05, 0.1) is 18.6 Å². The zero-order valence-corrected chi connectivity index (χ0v) is 12.9. The third kappa shape index (κ3) is 8.74. The molecule has 0 aliphatic carbocycles. The monoisotopic (exact) mass is 288 g/mol. The molecule has 118 valence electrons. The summed E-state index contributed by atoms with van der Waals surface area (Å²) < 4.78 is 5.02. The van der Waals surface area contributed by atoms with E-state index in [4.69, 9.17) is 9.84 Å².